The van der Waals surface area contributed by atoms with Gasteiger partial charge in [-0.2, -0.15) is 0 Å². The van der Waals surface area contributed by atoms with Crippen molar-refractivity contribution in [2.75, 3.05) is 0 Å². The molecule has 0 saturated heterocycles. The Morgan fingerprint density at radius 1 is 1.33 bits per heavy atom. The first kappa shape index (κ1) is 10.3. The van der Waals surface area contributed by atoms with Gasteiger partial charge in [0.2, 0.25) is 0 Å². The summed E-state index contributed by atoms with van der Waals surface area (Å²) in [6.07, 6.45) is -2.63. The van der Waals surface area contributed by atoms with Gasteiger partial charge in [-0.15, -0.1) is 0 Å². The van der Waals surface area contributed by atoms with Crippen molar-refractivity contribution in [1.29, 1.82) is 0 Å². The molecular formula is C7H3BrF3I. The standard InChI is InChI=1S/C7H3BrF3I/c8-4-2-1-3(7(10)11)6(12)5(4)9/h1-2,7H. The van der Waals surface area contributed by atoms with Crippen molar-refractivity contribution in [3.63, 3.8) is 0 Å². The van der Waals surface area contributed by atoms with Crippen LogP contribution >= 0.6 is 38.5 Å². The van der Waals surface area contributed by atoms with Crippen molar-refractivity contribution < 1.29 is 13.2 Å². The van der Waals surface area contributed by atoms with Crippen LogP contribution in [0.15, 0.2) is 16.6 Å². The van der Waals surface area contributed by atoms with Gasteiger partial charge in [0.05, 0.1) is 8.04 Å². The predicted octanol–water partition coefficient (Wildman–Crippen LogP) is 4.13. The van der Waals surface area contributed by atoms with Crippen molar-refractivity contribution in [2.24, 2.45) is 0 Å². The molecular weight excluding hydrogens is 348 g/mol. The summed E-state index contributed by atoms with van der Waals surface area (Å²) >= 11 is 4.47. The van der Waals surface area contributed by atoms with Gasteiger partial charge >= 0.3 is 0 Å². The molecule has 0 aromatic heterocycles. The van der Waals surface area contributed by atoms with Gasteiger partial charge < -0.3 is 0 Å². The Morgan fingerprint density at radius 2 is 1.92 bits per heavy atom. The lowest BCUT2D eigenvalue weighted by atomic mass is 10.2. The van der Waals surface area contributed by atoms with Gasteiger partial charge in [0.1, 0.15) is 0 Å². The van der Waals surface area contributed by atoms with Crippen molar-refractivity contribution in [3.8, 4) is 0 Å². The smallest absolute Gasteiger partial charge is 0.205 e. The topological polar surface area (TPSA) is 0 Å². The zero-order valence-electron chi connectivity index (χ0n) is 5.62. The molecule has 0 unspecified atom stereocenters. The molecule has 0 aliphatic carbocycles. The van der Waals surface area contributed by atoms with Crippen LogP contribution in [0.2, 0.25) is 0 Å². The summed E-state index contributed by atoms with van der Waals surface area (Å²) in [6, 6.07) is 2.48. The molecule has 0 heterocycles. The van der Waals surface area contributed by atoms with Crippen LogP contribution in [-0.2, 0) is 0 Å². The molecule has 0 nitrogen and oxygen atoms in total. The van der Waals surface area contributed by atoms with Gasteiger partial charge in [-0.3, -0.25) is 0 Å². The van der Waals surface area contributed by atoms with Gasteiger partial charge in [-0.05, 0) is 44.6 Å². The summed E-state index contributed by atoms with van der Waals surface area (Å²) in [5.74, 6) is -0.631. The first-order valence-corrected chi connectivity index (χ1v) is 4.82. The van der Waals surface area contributed by atoms with Gasteiger partial charge in [0.15, 0.2) is 5.82 Å². The van der Waals surface area contributed by atoms with E-state index in [-0.39, 0.29) is 13.6 Å². The highest BCUT2D eigenvalue weighted by Gasteiger charge is 2.16. The normalized spacial score (nSPS) is 10.8. The van der Waals surface area contributed by atoms with Gasteiger partial charge in [-0.25, -0.2) is 13.2 Å². The Labute approximate surface area is 89.4 Å². The van der Waals surface area contributed by atoms with Crippen molar-refractivity contribution in [3.05, 3.63) is 31.6 Å². The summed E-state index contributed by atoms with van der Waals surface area (Å²) < 4.78 is 37.4. The summed E-state index contributed by atoms with van der Waals surface area (Å²) in [4.78, 5) is 0. The van der Waals surface area contributed by atoms with E-state index in [1.165, 1.54) is 12.1 Å². The molecule has 1 aromatic rings. The molecule has 5 heteroatoms. The molecule has 0 aliphatic heterocycles. The molecule has 0 atom stereocenters. The van der Waals surface area contributed by atoms with Crippen molar-refractivity contribution >= 4 is 38.5 Å². The third kappa shape index (κ3) is 1.93. The maximum atomic E-state index is 13.0. The molecule has 12 heavy (non-hydrogen) atoms. The molecule has 0 N–H and O–H groups in total. The van der Waals surface area contributed by atoms with Gasteiger partial charge in [-0.1, -0.05) is 6.07 Å². The Hall–Kier alpha value is 0.220. The lowest BCUT2D eigenvalue weighted by Gasteiger charge is -2.04. The van der Waals surface area contributed by atoms with E-state index in [1.807, 2.05) is 0 Å². The average molecular weight is 351 g/mol. The Balaban J connectivity index is 3.27. The fourth-order valence-corrected chi connectivity index (χ4v) is 2.12. The van der Waals surface area contributed by atoms with E-state index in [9.17, 15) is 13.2 Å². The van der Waals surface area contributed by atoms with Crippen molar-refractivity contribution in [1.82, 2.24) is 0 Å². The minimum absolute atomic E-state index is 0.0306. The van der Waals surface area contributed by atoms with Gasteiger partial charge in [0.25, 0.3) is 6.43 Å². The maximum absolute atomic E-state index is 13.0. The molecule has 0 spiro atoms. The average Bonchev–Trinajstić information content (AvgIpc) is 2.00. The predicted molar refractivity (Wildman–Crippen MR) is 51.8 cm³/mol. The number of halogens is 5. The molecule has 0 radical (unpaired) electrons. The van der Waals surface area contributed by atoms with E-state index >= 15 is 0 Å². The fourth-order valence-electron chi connectivity index (χ4n) is 0.709. The number of rotatable bonds is 1. The molecule has 0 amide bonds. The molecule has 1 aromatic carbocycles. The first-order valence-electron chi connectivity index (χ1n) is 2.95. The Kier molecular flexibility index (Phi) is 3.39. The zero-order chi connectivity index (χ0) is 9.30. The summed E-state index contributed by atoms with van der Waals surface area (Å²) in [7, 11) is 0. The highest BCUT2D eigenvalue weighted by Crippen LogP contribution is 2.29. The molecule has 0 saturated carbocycles. The van der Waals surface area contributed by atoms with Crippen LogP contribution < -0.4 is 0 Å². The molecule has 0 fully saturated rings. The first-order chi connectivity index (χ1) is 5.54. The minimum Gasteiger partial charge on any atom is -0.205 e. The number of hydrogen-bond acceptors (Lipinski definition) is 0. The molecule has 66 valence electrons. The van der Waals surface area contributed by atoms with E-state index < -0.39 is 12.2 Å². The summed E-state index contributed by atoms with van der Waals surface area (Å²) in [6.45, 7) is 0. The van der Waals surface area contributed by atoms with Crippen LogP contribution in [0.5, 0.6) is 0 Å². The Bertz CT molecular complexity index is 301. The monoisotopic (exact) mass is 350 g/mol. The maximum Gasteiger partial charge on any atom is 0.264 e. The van der Waals surface area contributed by atoms with Crippen LogP contribution in [-0.4, -0.2) is 0 Å². The van der Waals surface area contributed by atoms with Crippen LogP contribution in [0.1, 0.15) is 12.0 Å². The zero-order valence-corrected chi connectivity index (χ0v) is 9.37. The third-order valence-electron chi connectivity index (χ3n) is 1.30. The van der Waals surface area contributed by atoms with E-state index in [0.717, 1.165) is 0 Å². The van der Waals surface area contributed by atoms with Crippen LogP contribution in [0, 0.1) is 9.39 Å². The highest BCUT2D eigenvalue weighted by atomic mass is 127. The van der Waals surface area contributed by atoms with E-state index in [2.05, 4.69) is 15.9 Å². The van der Waals surface area contributed by atoms with Crippen LogP contribution in [0.4, 0.5) is 13.2 Å². The number of hydrogen-bond donors (Lipinski definition) is 0. The number of benzene rings is 1. The quantitative estimate of drug-likeness (QED) is 0.527. The summed E-state index contributed by atoms with van der Waals surface area (Å²) in [5.41, 5.74) is -0.267. The van der Waals surface area contributed by atoms with E-state index in [1.54, 1.807) is 22.6 Å². The SMILES string of the molecule is Fc1c(Br)ccc(C(F)F)c1I. The second-order valence-electron chi connectivity index (χ2n) is 2.07. The van der Waals surface area contributed by atoms with Crippen molar-refractivity contribution in [2.45, 2.75) is 6.43 Å². The van der Waals surface area contributed by atoms with Crippen LogP contribution in [0.3, 0.4) is 0 Å². The minimum atomic E-state index is -2.63. The van der Waals surface area contributed by atoms with E-state index in [0.29, 0.717) is 0 Å². The molecule has 1 rings (SSSR count). The largest absolute Gasteiger partial charge is 0.264 e. The third-order valence-corrected chi connectivity index (χ3v) is 3.01. The molecule has 0 bridgehead atoms. The lowest BCUT2D eigenvalue weighted by Crippen LogP contribution is -1.93. The second kappa shape index (κ2) is 3.95. The Morgan fingerprint density at radius 3 is 2.42 bits per heavy atom. The van der Waals surface area contributed by atoms with Gasteiger partial charge in [0, 0.05) is 5.56 Å². The number of alkyl halides is 2. The molecule has 0 aliphatic rings. The summed E-state index contributed by atoms with van der Waals surface area (Å²) in [5, 5.41) is 0. The lowest BCUT2D eigenvalue weighted by molar-refractivity contribution is 0.150. The van der Waals surface area contributed by atoms with E-state index in [4.69, 9.17) is 0 Å². The highest BCUT2D eigenvalue weighted by molar-refractivity contribution is 14.1. The van der Waals surface area contributed by atoms with Crippen LogP contribution in [0.25, 0.3) is 0 Å². The second-order valence-corrected chi connectivity index (χ2v) is 4.00. The fraction of sp³-hybridized carbons (Fsp3) is 0.143.